The summed E-state index contributed by atoms with van der Waals surface area (Å²) in [6.07, 6.45) is 0.437. The minimum absolute atomic E-state index is 0.0601. The molecule has 2 amide bonds. The molecule has 130 valence electrons. The maximum atomic E-state index is 12.1. The van der Waals surface area contributed by atoms with Crippen LogP contribution in [0.5, 0.6) is 5.75 Å². The van der Waals surface area contributed by atoms with Gasteiger partial charge in [-0.3, -0.25) is 4.79 Å². The van der Waals surface area contributed by atoms with Crippen LogP contribution in [0.15, 0.2) is 48.5 Å². The summed E-state index contributed by atoms with van der Waals surface area (Å²) in [7, 11) is 1.38. The summed E-state index contributed by atoms with van der Waals surface area (Å²) in [5.41, 5.74) is 2.88. The van der Waals surface area contributed by atoms with E-state index in [2.05, 4.69) is 5.32 Å². The normalized spacial score (nSPS) is 12.9. The van der Waals surface area contributed by atoms with Gasteiger partial charge in [0.15, 0.2) is 6.61 Å². The highest BCUT2D eigenvalue weighted by atomic mass is 16.5. The van der Waals surface area contributed by atoms with E-state index in [0.29, 0.717) is 24.5 Å². The fraction of sp³-hybridized carbons (Fsp3) is 0.263. The van der Waals surface area contributed by atoms with E-state index in [1.807, 2.05) is 36.4 Å². The maximum Gasteiger partial charge on any atom is 0.409 e. The molecule has 1 N–H and O–H groups in total. The number of ether oxygens (including phenoxy) is 2. The topological polar surface area (TPSA) is 67.9 Å². The lowest BCUT2D eigenvalue weighted by molar-refractivity contribution is -0.118. The highest BCUT2D eigenvalue weighted by Crippen LogP contribution is 2.23. The average Bonchev–Trinajstić information content (AvgIpc) is 2.66. The summed E-state index contributed by atoms with van der Waals surface area (Å²) in [6.45, 7) is 1.05. The number of para-hydroxylation sites is 1. The fourth-order valence-electron chi connectivity index (χ4n) is 2.78. The first-order valence-corrected chi connectivity index (χ1v) is 8.08. The molecule has 3 rings (SSSR count). The third-order valence-electron chi connectivity index (χ3n) is 4.05. The zero-order valence-electron chi connectivity index (χ0n) is 14.0. The van der Waals surface area contributed by atoms with E-state index in [1.165, 1.54) is 12.7 Å². The SMILES string of the molecule is COC(=O)N1CCc2ccc(NC(=O)COc3ccccc3)cc2C1. The molecule has 1 aliphatic rings. The molecule has 1 aliphatic heterocycles. The Labute approximate surface area is 146 Å². The highest BCUT2D eigenvalue weighted by molar-refractivity contribution is 5.92. The summed E-state index contributed by atoms with van der Waals surface area (Å²) >= 11 is 0. The summed E-state index contributed by atoms with van der Waals surface area (Å²) in [6, 6.07) is 14.9. The number of hydrogen-bond donors (Lipinski definition) is 1. The lowest BCUT2D eigenvalue weighted by atomic mass is 9.99. The molecule has 0 saturated heterocycles. The Morgan fingerprint density at radius 3 is 2.68 bits per heavy atom. The summed E-state index contributed by atoms with van der Waals surface area (Å²) in [5.74, 6) is 0.418. The van der Waals surface area contributed by atoms with Crippen molar-refractivity contribution in [2.24, 2.45) is 0 Å². The van der Waals surface area contributed by atoms with Crippen LogP contribution in [0.25, 0.3) is 0 Å². The van der Waals surface area contributed by atoms with Crippen molar-refractivity contribution in [1.29, 1.82) is 0 Å². The fourth-order valence-corrected chi connectivity index (χ4v) is 2.78. The maximum absolute atomic E-state index is 12.1. The van der Waals surface area contributed by atoms with Crippen LogP contribution in [0, 0.1) is 0 Å². The second kappa shape index (κ2) is 7.70. The van der Waals surface area contributed by atoms with Crippen molar-refractivity contribution in [2.75, 3.05) is 25.6 Å². The van der Waals surface area contributed by atoms with Crippen molar-refractivity contribution in [3.05, 3.63) is 59.7 Å². The van der Waals surface area contributed by atoms with E-state index >= 15 is 0 Å². The van der Waals surface area contributed by atoms with Crippen molar-refractivity contribution in [2.45, 2.75) is 13.0 Å². The lowest BCUT2D eigenvalue weighted by Gasteiger charge is -2.28. The molecule has 0 bridgehead atoms. The van der Waals surface area contributed by atoms with Gasteiger partial charge in [-0.25, -0.2) is 4.79 Å². The van der Waals surface area contributed by atoms with Crippen molar-refractivity contribution in [3.8, 4) is 5.75 Å². The molecule has 0 radical (unpaired) electrons. The van der Waals surface area contributed by atoms with Crippen LogP contribution in [0.4, 0.5) is 10.5 Å². The number of hydrogen-bond acceptors (Lipinski definition) is 4. The Hall–Kier alpha value is -3.02. The number of benzene rings is 2. The molecular formula is C19H20N2O4. The quantitative estimate of drug-likeness (QED) is 0.929. The minimum atomic E-state index is -0.337. The van der Waals surface area contributed by atoms with Crippen LogP contribution in [0.2, 0.25) is 0 Å². The first kappa shape index (κ1) is 16.8. The van der Waals surface area contributed by atoms with Gasteiger partial charge in [0.25, 0.3) is 5.91 Å². The minimum Gasteiger partial charge on any atom is -0.484 e. The van der Waals surface area contributed by atoms with Gasteiger partial charge in [0.05, 0.1) is 7.11 Å². The van der Waals surface area contributed by atoms with Gasteiger partial charge in [0, 0.05) is 18.8 Å². The first-order valence-electron chi connectivity index (χ1n) is 8.08. The highest BCUT2D eigenvalue weighted by Gasteiger charge is 2.21. The van der Waals surface area contributed by atoms with E-state index in [9.17, 15) is 9.59 Å². The zero-order chi connectivity index (χ0) is 17.6. The van der Waals surface area contributed by atoms with E-state index in [0.717, 1.165) is 12.0 Å². The number of nitrogens with one attached hydrogen (secondary N) is 1. The van der Waals surface area contributed by atoms with Gasteiger partial charge in [-0.15, -0.1) is 0 Å². The van der Waals surface area contributed by atoms with Crippen LogP contribution in [-0.4, -0.2) is 37.2 Å². The van der Waals surface area contributed by atoms with Gasteiger partial charge in [0.2, 0.25) is 0 Å². The molecule has 0 unspecified atom stereocenters. The van der Waals surface area contributed by atoms with Crippen LogP contribution in [0.3, 0.4) is 0 Å². The molecule has 0 spiro atoms. The number of amides is 2. The number of carbonyl (C=O) groups is 2. The van der Waals surface area contributed by atoms with Gasteiger partial charge in [-0.05, 0) is 41.8 Å². The van der Waals surface area contributed by atoms with Crippen molar-refractivity contribution in [3.63, 3.8) is 0 Å². The Bertz CT molecular complexity index is 761. The lowest BCUT2D eigenvalue weighted by Crippen LogP contribution is -2.35. The van der Waals surface area contributed by atoms with Crippen molar-refractivity contribution >= 4 is 17.7 Å². The molecule has 0 aromatic heterocycles. The molecule has 6 heteroatoms. The van der Waals surface area contributed by atoms with Gasteiger partial charge in [-0.1, -0.05) is 24.3 Å². The van der Waals surface area contributed by atoms with E-state index in [4.69, 9.17) is 9.47 Å². The predicted molar refractivity (Wildman–Crippen MR) is 93.5 cm³/mol. The summed E-state index contributed by atoms with van der Waals surface area (Å²) in [5, 5.41) is 2.82. The Morgan fingerprint density at radius 2 is 1.92 bits per heavy atom. The number of methoxy groups -OCH3 is 1. The zero-order valence-corrected chi connectivity index (χ0v) is 14.0. The van der Waals surface area contributed by atoms with E-state index in [-0.39, 0.29) is 18.6 Å². The number of nitrogens with zero attached hydrogens (tertiary/aromatic N) is 1. The predicted octanol–water partition coefficient (Wildman–Crippen LogP) is 2.83. The molecule has 0 fully saturated rings. The van der Waals surface area contributed by atoms with E-state index in [1.54, 1.807) is 17.0 Å². The number of anilines is 1. The number of rotatable bonds is 4. The second-order valence-corrected chi connectivity index (χ2v) is 5.77. The van der Waals surface area contributed by atoms with Crippen molar-refractivity contribution < 1.29 is 19.1 Å². The summed E-state index contributed by atoms with van der Waals surface area (Å²) < 4.78 is 10.2. The number of fused-ring (bicyclic) bond motifs is 1. The van der Waals surface area contributed by atoms with Crippen molar-refractivity contribution in [1.82, 2.24) is 4.90 Å². The second-order valence-electron chi connectivity index (χ2n) is 5.77. The Kier molecular flexibility index (Phi) is 5.18. The Morgan fingerprint density at radius 1 is 1.12 bits per heavy atom. The van der Waals surface area contributed by atoms with Gasteiger partial charge >= 0.3 is 6.09 Å². The monoisotopic (exact) mass is 340 g/mol. The molecule has 2 aromatic carbocycles. The smallest absolute Gasteiger partial charge is 0.409 e. The number of carbonyl (C=O) groups excluding carboxylic acids is 2. The third-order valence-corrected chi connectivity index (χ3v) is 4.05. The van der Waals surface area contributed by atoms with E-state index < -0.39 is 0 Å². The molecular weight excluding hydrogens is 320 g/mol. The molecule has 25 heavy (non-hydrogen) atoms. The van der Waals surface area contributed by atoms with Crippen LogP contribution < -0.4 is 10.1 Å². The molecule has 0 aliphatic carbocycles. The molecule has 2 aromatic rings. The van der Waals surface area contributed by atoms with Gasteiger partial charge in [0.1, 0.15) is 5.75 Å². The first-order chi connectivity index (χ1) is 12.2. The average molecular weight is 340 g/mol. The van der Waals surface area contributed by atoms with Gasteiger partial charge < -0.3 is 19.7 Å². The standard InChI is InChI=1S/C19H20N2O4/c1-24-19(23)21-10-9-14-7-8-16(11-15(14)12-21)20-18(22)13-25-17-5-3-2-4-6-17/h2-8,11H,9-10,12-13H2,1H3,(H,20,22). The third kappa shape index (κ3) is 4.29. The van der Waals surface area contributed by atoms with Crippen LogP contribution >= 0.6 is 0 Å². The molecule has 0 atom stereocenters. The molecule has 0 saturated carbocycles. The van der Waals surface area contributed by atoms with Crippen LogP contribution in [-0.2, 0) is 22.5 Å². The van der Waals surface area contributed by atoms with Crippen LogP contribution in [0.1, 0.15) is 11.1 Å². The summed E-state index contributed by atoms with van der Waals surface area (Å²) in [4.78, 5) is 25.4. The molecule has 6 nitrogen and oxygen atoms in total. The largest absolute Gasteiger partial charge is 0.484 e. The Balaban J connectivity index is 1.60. The molecule has 1 heterocycles. The van der Waals surface area contributed by atoms with Gasteiger partial charge in [-0.2, -0.15) is 0 Å².